The summed E-state index contributed by atoms with van der Waals surface area (Å²) in [5.41, 5.74) is -0.397. The first-order valence-corrected chi connectivity index (χ1v) is 7.87. The van der Waals surface area contributed by atoms with Crippen molar-refractivity contribution >= 4 is 5.91 Å². The second kappa shape index (κ2) is 6.00. The molecule has 20 heavy (non-hydrogen) atoms. The molecule has 0 spiro atoms. The Balaban J connectivity index is 1.33. The van der Waals surface area contributed by atoms with E-state index in [9.17, 15) is 9.90 Å². The van der Waals surface area contributed by atoms with Crippen LogP contribution >= 0.6 is 0 Å². The Morgan fingerprint density at radius 1 is 1.30 bits per heavy atom. The molecule has 0 aromatic carbocycles. The molecule has 1 aliphatic carbocycles. The van der Waals surface area contributed by atoms with E-state index in [0.29, 0.717) is 12.5 Å². The van der Waals surface area contributed by atoms with E-state index >= 15 is 0 Å². The van der Waals surface area contributed by atoms with Crippen LogP contribution in [0.4, 0.5) is 0 Å². The molecule has 2 saturated heterocycles. The van der Waals surface area contributed by atoms with Crippen molar-refractivity contribution in [2.24, 2.45) is 5.92 Å². The van der Waals surface area contributed by atoms with E-state index in [1.54, 1.807) is 0 Å². The smallest absolute Gasteiger partial charge is 0.248 e. The van der Waals surface area contributed by atoms with Gasteiger partial charge in [0.15, 0.2) is 0 Å². The van der Waals surface area contributed by atoms with Crippen LogP contribution < -0.4 is 0 Å². The summed E-state index contributed by atoms with van der Waals surface area (Å²) < 4.78 is 10.9. The van der Waals surface area contributed by atoms with E-state index in [-0.39, 0.29) is 18.6 Å². The van der Waals surface area contributed by atoms with Gasteiger partial charge in [0, 0.05) is 19.7 Å². The molecule has 3 aliphatic rings. The molecule has 1 saturated carbocycles. The van der Waals surface area contributed by atoms with E-state index in [4.69, 9.17) is 9.47 Å². The van der Waals surface area contributed by atoms with E-state index in [2.05, 4.69) is 0 Å². The van der Waals surface area contributed by atoms with Crippen molar-refractivity contribution in [3.05, 3.63) is 0 Å². The second-order valence-electron chi connectivity index (χ2n) is 6.41. The van der Waals surface area contributed by atoms with Crippen LogP contribution in [0.5, 0.6) is 0 Å². The highest BCUT2D eigenvalue weighted by atomic mass is 16.5. The maximum atomic E-state index is 12.0. The Morgan fingerprint density at radius 2 is 2.05 bits per heavy atom. The van der Waals surface area contributed by atoms with Gasteiger partial charge < -0.3 is 19.5 Å². The van der Waals surface area contributed by atoms with E-state index in [1.807, 2.05) is 4.90 Å². The predicted octanol–water partition coefficient (Wildman–Crippen LogP) is 0.945. The molecule has 114 valence electrons. The van der Waals surface area contributed by atoms with Crippen LogP contribution in [0.3, 0.4) is 0 Å². The van der Waals surface area contributed by atoms with Crippen LogP contribution in [0.1, 0.15) is 38.5 Å². The Hall–Kier alpha value is -0.650. The first kappa shape index (κ1) is 14.3. The highest BCUT2D eigenvalue weighted by Crippen LogP contribution is 2.46. The fraction of sp³-hybridized carbons (Fsp3) is 0.933. The van der Waals surface area contributed by atoms with Crippen molar-refractivity contribution in [1.29, 1.82) is 0 Å². The molecule has 1 atom stereocenters. The number of carbonyl (C=O) groups is 1. The van der Waals surface area contributed by atoms with Gasteiger partial charge in [-0.15, -0.1) is 0 Å². The van der Waals surface area contributed by atoms with Crippen LogP contribution in [0.15, 0.2) is 0 Å². The number of aliphatic hydroxyl groups is 1. The van der Waals surface area contributed by atoms with Crippen LogP contribution in [-0.4, -0.2) is 60.5 Å². The quantitative estimate of drug-likeness (QED) is 0.816. The molecule has 1 N–H and O–H groups in total. The molecule has 5 nitrogen and oxygen atoms in total. The Morgan fingerprint density at radius 3 is 2.65 bits per heavy atom. The lowest BCUT2D eigenvalue weighted by Gasteiger charge is -2.34. The zero-order valence-electron chi connectivity index (χ0n) is 12.1. The van der Waals surface area contributed by atoms with Gasteiger partial charge in [0.25, 0.3) is 0 Å². The lowest BCUT2D eigenvalue weighted by molar-refractivity contribution is -0.139. The molecule has 2 aliphatic heterocycles. The van der Waals surface area contributed by atoms with Crippen molar-refractivity contribution in [3.63, 3.8) is 0 Å². The van der Waals surface area contributed by atoms with Crippen LogP contribution in [0.25, 0.3) is 0 Å². The van der Waals surface area contributed by atoms with Gasteiger partial charge in [0.2, 0.25) is 5.91 Å². The molecule has 3 fully saturated rings. The van der Waals surface area contributed by atoms with E-state index in [0.717, 1.165) is 58.2 Å². The molecule has 3 rings (SSSR count). The zero-order valence-corrected chi connectivity index (χ0v) is 12.1. The molecule has 0 bridgehead atoms. The van der Waals surface area contributed by atoms with Gasteiger partial charge in [-0.05, 0) is 44.4 Å². The van der Waals surface area contributed by atoms with Gasteiger partial charge in [-0.1, -0.05) is 0 Å². The molecule has 1 unspecified atom stereocenters. The summed E-state index contributed by atoms with van der Waals surface area (Å²) in [6.45, 7) is 3.03. The molecule has 5 heteroatoms. The third-order valence-electron chi connectivity index (χ3n) is 4.92. The average Bonchev–Trinajstić information content (AvgIpc) is 3.01. The first-order valence-electron chi connectivity index (χ1n) is 7.87. The molecule has 0 aromatic rings. The molecular weight excluding hydrogens is 258 g/mol. The van der Waals surface area contributed by atoms with Crippen LogP contribution in [0, 0.1) is 5.92 Å². The van der Waals surface area contributed by atoms with Crippen LogP contribution in [0.2, 0.25) is 0 Å². The second-order valence-corrected chi connectivity index (χ2v) is 6.41. The summed E-state index contributed by atoms with van der Waals surface area (Å²) in [6.07, 6.45) is 6.04. The third kappa shape index (κ3) is 3.32. The van der Waals surface area contributed by atoms with Crippen molar-refractivity contribution in [2.45, 2.75) is 50.2 Å². The van der Waals surface area contributed by atoms with E-state index in [1.165, 1.54) is 0 Å². The van der Waals surface area contributed by atoms with Gasteiger partial charge in [-0.3, -0.25) is 4.79 Å². The third-order valence-corrected chi connectivity index (χ3v) is 4.92. The zero-order chi connectivity index (χ0) is 14.0. The number of rotatable bonds is 5. The van der Waals surface area contributed by atoms with Crippen molar-refractivity contribution in [3.8, 4) is 0 Å². The maximum absolute atomic E-state index is 12.0. The van der Waals surface area contributed by atoms with Gasteiger partial charge in [0.05, 0.1) is 18.3 Å². The monoisotopic (exact) mass is 283 g/mol. The number of ether oxygens (including phenoxy) is 2. The van der Waals surface area contributed by atoms with Gasteiger partial charge >= 0.3 is 0 Å². The molecular formula is C15H25NO4. The largest absolute Gasteiger partial charge is 0.390 e. The standard InChI is InChI=1S/C15H25NO4/c17-14(11-19-10-13-2-1-9-20-13)16-7-3-12(4-8-16)15(18)5-6-15/h12-13,18H,1-11H2. The number of nitrogens with zero attached hydrogens (tertiary/aromatic N) is 1. The highest BCUT2D eigenvalue weighted by Gasteiger charge is 2.48. The van der Waals surface area contributed by atoms with E-state index < -0.39 is 5.60 Å². The average molecular weight is 283 g/mol. The normalized spacial score (nSPS) is 29.6. The summed E-state index contributed by atoms with van der Waals surface area (Å²) in [4.78, 5) is 13.9. The topological polar surface area (TPSA) is 59.0 Å². The fourth-order valence-electron chi connectivity index (χ4n) is 3.35. The molecule has 2 heterocycles. The Labute approximate surface area is 120 Å². The van der Waals surface area contributed by atoms with Crippen molar-refractivity contribution in [1.82, 2.24) is 4.90 Å². The summed E-state index contributed by atoms with van der Waals surface area (Å²) in [5.74, 6) is 0.462. The number of likely N-dealkylation sites (tertiary alicyclic amines) is 1. The van der Waals surface area contributed by atoms with Gasteiger partial charge in [-0.2, -0.15) is 0 Å². The minimum atomic E-state index is -0.397. The number of hydrogen-bond acceptors (Lipinski definition) is 4. The van der Waals surface area contributed by atoms with Crippen molar-refractivity contribution < 1.29 is 19.4 Å². The molecule has 1 amide bonds. The van der Waals surface area contributed by atoms with Crippen molar-refractivity contribution in [2.75, 3.05) is 32.9 Å². The SMILES string of the molecule is O=C(COCC1CCCO1)N1CCC(C2(O)CC2)CC1. The lowest BCUT2D eigenvalue weighted by Crippen LogP contribution is -2.43. The summed E-state index contributed by atoms with van der Waals surface area (Å²) in [6, 6.07) is 0. The fourth-order valence-corrected chi connectivity index (χ4v) is 3.35. The maximum Gasteiger partial charge on any atom is 0.248 e. The predicted molar refractivity (Wildman–Crippen MR) is 73.3 cm³/mol. The summed E-state index contributed by atoms with van der Waals surface area (Å²) in [5, 5.41) is 10.1. The minimum Gasteiger partial charge on any atom is -0.390 e. The summed E-state index contributed by atoms with van der Waals surface area (Å²) in [7, 11) is 0. The molecule has 0 radical (unpaired) electrons. The number of amides is 1. The minimum absolute atomic E-state index is 0.0734. The first-order chi connectivity index (χ1) is 9.67. The Kier molecular flexibility index (Phi) is 4.29. The van der Waals surface area contributed by atoms with Gasteiger partial charge in [0.1, 0.15) is 6.61 Å². The van der Waals surface area contributed by atoms with Crippen LogP contribution in [-0.2, 0) is 14.3 Å². The summed E-state index contributed by atoms with van der Waals surface area (Å²) >= 11 is 0. The van der Waals surface area contributed by atoms with Gasteiger partial charge in [-0.25, -0.2) is 0 Å². The molecule has 0 aromatic heterocycles. The number of hydrogen-bond donors (Lipinski definition) is 1. The highest BCUT2D eigenvalue weighted by molar-refractivity contribution is 5.77. The number of piperidine rings is 1. The Bertz CT molecular complexity index is 342. The lowest BCUT2D eigenvalue weighted by atomic mass is 9.89. The number of carbonyl (C=O) groups excluding carboxylic acids is 1.